The zero-order valence-electron chi connectivity index (χ0n) is 8.88. The van der Waals surface area contributed by atoms with Crippen LogP contribution in [0.5, 0.6) is 17.2 Å². The molecule has 17 heavy (non-hydrogen) atoms. The van der Waals surface area contributed by atoms with E-state index >= 15 is 0 Å². The Morgan fingerprint density at radius 2 is 1.47 bits per heavy atom. The molecule has 0 spiro atoms. The predicted octanol–water partition coefficient (Wildman–Crippen LogP) is 3.11. The Balaban J connectivity index is 2.65. The van der Waals surface area contributed by atoms with E-state index in [1.807, 2.05) is 30.3 Å². The molecule has 0 aliphatic carbocycles. The maximum atomic E-state index is 9.92. The fraction of sp³-hybridized carbons (Fsp3) is 0. The molecule has 0 amide bonds. The quantitative estimate of drug-likeness (QED) is 0.313. The van der Waals surface area contributed by atoms with Gasteiger partial charge in [0.15, 0.2) is 11.5 Å². The van der Waals surface area contributed by atoms with Gasteiger partial charge < -0.3 is 15.3 Å². The lowest BCUT2D eigenvalue weighted by Gasteiger charge is -2.09. The van der Waals surface area contributed by atoms with Gasteiger partial charge in [-0.25, -0.2) is 0 Å². The number of phenols is 3. The SMILES string of the molecule is Oc1cc(O)c2ccc3ccccc3c2c1O. The first-order valence-corrected chi connectivity index (χ1v) is 5.24. The molecule has 3 aromatic rings. The topological polar surface area (TPSA) is 60.7 Å². The van der Waals surface area contributed by atoms with Crippen molar-refractivity contribution in [3.8, 4) is 17.2 Å². The summed E-state index contributed by atoms with van der Waals surface area (Å²) in [6, 6.07) is 12.2. The van der Waals surface area contributed by atoms with E-state index in [4.69, 9.17) is 0 Å². The fourth-order valence-electron chi connectivity index (χ4n) is 2.14. The molecule has 84 valence electrons. The van der Waals surface area contributed by atoms with E-state index in [0.29, 0.717) is 10.8 Å². The van der Waals surface area contributed by atoms with Crippen LogP contribution >= 0.6 is 0 Å². The van der Waals surface area contributed by atoms with Crippen LogP contribution in [0.15, 0.2) is 42.5 Å². The van der Waals surface area contributed by atoms with Gasteiger partial charge in [-0.3, -0.25) is 0 Å². The Morgan fingerprint density at radius 1 is 0.706 bits per heavy atom. The summed E-state index contributed by atoms with van der Waals surface area (Å²) in [6.07, 6.45) is 0. The number of hydrogen-bond acceptors (Lipinski definition) is 3. The second kappa shape index (κ2) is 3.28. The highest BCUT2D eigenvalue weighted by Gasteiger charge is 2.12. The lowest BCUT2D eigenvalue weighted by Crippen LogP contribution is -1.80. The number of fused-ring (bicyclic) bond motifs is 3. The van der Waals surface area contributed by atoms with Crippen LogP contribution in [0, 0.1) is 0 Å². The largest absolute Gasteiger partial charge is 0.507 e. The minimum atomic E-state index is -0.314. The number of hydrogen-bond donors (Lipinski definition) is 3. The first kappa shape index (κ1) is 9.78. The Labute approximate surface area is 97.2 Å². The van der Waals surface area contributed by atoms with Gasteiger partial charge in [0.2, 0.25) is 0 Å². The molecule has 3 aromatic carbocycles. The highest BCUT2D eigenvalue weighted by atomic mass is 16.3. The minimum absolute atomic E-state index is 0.0407. The smallest absolute Gasteiger partial charge is 0.166 e. The van der Waals surface area contributed by atoms with Gasteiger partial charge >= 0.3 is 0 Å². The molecule has 3 rings (SSSR count). The molecule has 0 aliphatic rings. The van der Waals surface area contributed by atoms with Crippen molar-refractivity contribution >= 4 is 21.5 Å². The van der Waals surface area contributed by atoms with Crippen molar-refractivity contribution in [2.45, 2.75) is 0 Å². The molecule has 3 heteroatoms. The van der Waals surface area contributed by atoms with Crippen LogP contribution in [-0.2, 0) is 0 Å². The van der Waals surface area contributed by atoms with Gasteiger partial charge in [0.1, 0.15) is 5.75 Å². The molecule has 0 fully saturated rings. The Kier molecular flexibility index (Phi) is 1.89. The standard InChI is InChI=1S/C14H10O3/c15-11-7-12(16)14(17)13-9-4-2-1-3-8(9)5-6-10(11)13/h1-7,15-17H. The minimum Gasteiger partial charge on any atom is -0.507 e. The van der Waals surface area contributed by atoms with Crippen LogP contribution in [0.3, 0.4) is 0 Å². The van der Waals surface area contributed by atoms with Gasteiger partial charge in [-0.2, -0.15) is 0 Å². The van der Waals surface area contributed by atoms with Gasteiger partial charge in [0.05, 0.1) is 0 Å². The Hall–Kier alpha value is -2.42. The molecule has 0 aromatic heterocycles. The van der Waals surface area contributed by atoms with Crippen molar-refractivity contribution in [1.29, 1.82) is 0 Å². The molecular formula is C14H10O3. The van der Waals surface area contributed by atoms with E-state index in [0.717, 1.165) is 16.8 Å². The van der Waals surface area contributed by atoms with Crippen molar-refractivity contribution in [3.63, 3.8) is 0 Å². The van der Waals surface area contributed by atoms with Crippen LogP contribution in [0.4, 0.5) is 0 Å². The van der Waals surface area contributed by atoms with E-state index < -0.39 is 0 Å². The van der Waals surface area contributed by atoms with Crippen LogP contribution in [0.25, 0.3) is 21.5 Å². The molecule has 0 atom stereocenters. The number of aromatic hydroxyl groups is 3. The van der Waals surface area contributed by atoms with E-state index in [-0.39, 0.29) is 17.2 Å². The molecule has 3 nitrogen and oxygen atoms in total. The highest BCUT2D eigenvalue weighted by Crippen LogP contribution is 2.42. The molecule has 0 aliphatic heterocycles. The summed E-state index contributed by atoms with van der Waals surface area (Å²) in [6.45, 7) is 0. The van der Waals surface area contributed by atoms with E-state index in [9.17, 15) is 15.3 Å². The molecule has 0 bridgehead atoms. The molecule has 0 saturated carbocycles. The summed E-state index contributed by atoms with van der Waals surface area (Å²) in [4.78, 5) is 0. The third kappa shape index (κ3) is 1.29. The van der Waals surface area contributed by atoms with Crippen molar-refractivity contribution < 1.29 is 15.3 Å². The van der Waals surface area contributed by atoms with E-state index in [2.05, 4.69) is 0 Å². The molecule has 0 radical (unpaired) electrons. The lowest BCUT2D eigenvalue weighted by molar-refractivity contribution is 0.402. The molecule has 3 N–H and O–H groups in total. The van der Waals surface area contributed by atoms with Crippen LogP contribution in [-0.4, -0.2) is 15.3 Å². The summed E-state index contributed by atoms with van der Waals surface area (Å²) in [5.74, 6) is -0.554. The number of benzene rings is 3. The second-order valence-electron chi connectivity index (χ2n) is 3.97. The Bertz CT molecular complexity index is 732. The first-order valence-electron chi connectivity index (χ1n) is 5.24. The average Bonchev–Trinajstić information content (AvgIpc) is 2.35. The van der Waals surface area contributed by atoms with Gasteiger partial charge in [-0.1, -0.05) is 30.3 Å². The summed E-state index contributed by atoms with van der Waals surface area (Å²) in [5, 5.41) is 32.0. The summed E-state index contributed by atoms with van der Waals surface area (Å²) in [7, 11) is 0. The van der Waals surface area contributed by atoms with Gasteiger partial charge in [-0.05, 0) is 16.8 Å². The van der Waals surface area contributed by atoms with Crippen LogP contribution in [0.1, 0.15) is 0 Å². The van der Waals surface area contributed by atoms with Gasteiger partial charge in [0.25, 0.3) is 0 Å². The molecule has 0 saturated heterocycles. The monoisotopic (exact) mass is 226 g/mol. The molecular weight excluding hydrogens is 216 g/mol. The zero-order chi connectivity index (χ0) is 12.0. The molecule has 0 unspecified atom stereocenters. The van der Waals surface area contributed by atoms with Crippen LogP contribution < -0.4 is 0 Å². The molecule has 0 heterocycles. The second-order valence-corrected chi connectivity index (χ2v) is 3.97. The number of phenolic OH excluding ortho intramolecular Hbond substituents is 3. The third-order valence-corrected chi connectivity index (χ3v) is 2.96. The van der Waals surface area contributed by atoms with Crippen molar-refractivity contribution in [2.75, 3.05) is 0 Å². The maximum absolute atomic E-state index is 9.92. The normalized spacial score (nSPS) is 11.1. The van der Waals surface area contributed by atoms with Crippen molar-refractivity contribution in [2.24, 2.45) is 0 Å². The maximum Gasteiger partial charge on any atom is 0.166 e. The summed E-state index contributed by atoms with van der Waals surface area (Å²) < 4.78 is 0. The van der Waals surface area contributed by atoms with E-state index in [1.165, 1.54) is 0 Å². The fourth-order valence-corrected chi connectivity index (χ4v) is 2.14. The average molecular weight is 226 g/mol. The lowest BCUT2D eigenvalue weighted by atomic mass is 10.0. The van der Waals surface area contributed by atoms with Crippen molar-refractivity contribution in [1.82, 2.24) is 0 Å². The van der Waals surface area contributed by atoms with Crippen molar-refractivity contribution in [3.05, 3.63) is 42.5 Å². The third-order valence-electron chi connectivity index (χ3n) is 2.96. The zero-order valence-corrected chi connectivity index (χ0v) is 8.88. The number of rotatable bonds is 0. The predicted molar refractivity (Wildman–Crippen MR) is 66.4 cm³/mol. The van der Waals surface area contributed by atoms with Gasteiger partial charge in [0, 0.05) is 16.8 Å². The Morgan fingerprint density at radius 3 is 2.29 bits per heavy atom. The highest BCUT2D eigenvalue weighted by molar-refractivity contribution is 6.13. The summed E-state index contributed by atoms with van der Waals surface area (Å²) in [5.41, 5.74) is 0. The van der Waals surface area contributed by atoms with Crippen LogP contribution in [0.2, 0.25) is 0 Å². The van der Waals surface area contributed by atoms with E-state index in [1.54, 1.807) is 6.07 Å². The first-order chi connectivity index (χ1) is 8.18. The van der Waals surface area contributed by atoms with Gasteiger partial charge in [-0.15, -0.1) is 0 Å². The summed E-state index contributed by atoms with van der Waals surface area (Å²) >= 11 is 0.